The van der Waals surface area contributed by atoms with Crippen LogP contribution in [0.4, 0.5) is 0 Å². The van der Waals surface area contributed by atoms with Crippen LogP contribution in [0.1, 0.15) is 374 Å². The van der Waals surface area contributed by atoms with Crippen molar-refractivity contribution in [2.45, 2.75) is 360 Å². The van der Waals surface area contributed by atoms with E-state index in [4.69, 9.17) is 0 Å². The van der Waals surface area contributed by atoms with Crippen LogP contribution in [-0.2, 0) is 75.8 Å². The van der Waals surface area contributed by atoms with Crippen LogP contribution >= 0.6 is 0 Å². The number of benzene rings is 7. The van der Waals surface area contributed by atoms with E-state index in [1.54, 1.807) is 0 Å². The number of hydrogen-bond donors (Lipinski definition) is 3. The SMILES string of the molecule is Cc1cc(C(C)(C)C)c(C(C)(c2cc(C(C)(C)C)c(O)cc2C)C(c2c(C(C)(C)C)cc(C)cc2C(C)(C)C)(c2c(C(C)(C)C)cc(C)cc2C(C)(C)C)C(c2cc(C(C)(C)C)c(O)cc2C)(c2cc(C(C)(C)C)c(O)cc2C)c2c(C(C)(C)C)cc(C)cc2C(C)(C)C)c(C(C)(C)C)c1. The Labute approximate surface area is 612 Å². The van der Waals surface area contributed by atoms with Crippen LogP contribution in [0.5, 0.6) is 17.2 Å². The van der Waals surface area contributed by atoms with Crippen LogP contribution < -0.4 is 0 Å². The second-order valence-corrected chi connectivity index (χ2v) is 42.9. The molecule has 0 saturated heterocycles. The van der Waals surface area contributed by atoms with Gasteiger partial charge >= 0.3 is 0 Å². The van der Waals surface area contributed by atoms with Crippen LogP contribution in [0.25, 0.3) is 0 Å². The van der Waals surface area contributed by atoms with E-state index in [0.717, 1.165) is 50.1 Å². The Hall–Kier alpha value is -6.06. The van der Waals surface area contributed by atoms with Crippen molar-refractivity contribution >= 4 is 0 Å². The molecular weight excluding hydrogens is 1210 g/mol. The molecule has 0 saturated carbocycles. The van der Waals surface area contributed by atoms with Gasteiger partial charge in [0.1, 0.15) is 17.2 Å². The summed E-state index contributed by atoms with van der Waals surface area (Å²) in [7, 11) is 0. The summed E-state index contributed by atoms with van der Waals surface area (Å²) in [6.45, 7) is 98.5. The maximum Gasteiger partial charge on any atom is 0.119 e. The maximum absolute atomic E-state index is 13.4. The van der Waals surface area contributed by atoms with Crippen molar-refractivity contribution in [3.8, 4) is 17.2 Å². The predicted molar refractivity (Wildman–Crippen MR) is 436 cm³/mol. The van der Waals surface area contributed by atoms with Crippen molar-refractivity contribution < 1.29 is 15.3 Å². The van der Waals surface area contributed by atoms with Crippen molar-refractivity contribution in [1.29, 1.82) is 0 Å². The highest BCUT2D eigenvalue weighted by Crippen LogP contribution is 2.74. The minimum atomic E-state index is -1.52. The summed E-state index contributed by atoms with van der Waals surface area (Å²) < 4.78 is 0. The largest absolute Gasteiger partial charge is 0.508 e. The fourth-order valence-corrected chi connectivity index (χ4v) is 17.8. The maximum atomic E-state index is 13.4. The van der Waals surface area contributed by atoms with E-state index in [9.17, 15) is 15.3 Å². The first-order valence-corrected chi connectivity index (χ1v) is 37.8. The van der Waals surface area contributed by atoms with E-state index >= 15 is 0 Å². The highest BCUT2D eigenvalue weighted by atomic mass is 16.3. The lowest BCUT2D eigenvalue weighted by Gasteiger charge is -2.67. The second-order valence-electron chi connectivity index (χ2n) is 42.9. The van der Waals surface area contributed by atoms with E-state index in [2.05, 4.69) is 369 Å². The molecule has 0 aliphatic heterocycles. The molecule has 0 bridgehead atoms. The zero-order valence-electron chi connectivity index (χ0n) is 71.4. The Kier molecular flexibility index (Phi) is 20.6. The molecule has 0 fully saturated rings. The van der Waals surface area contributed by atoms with Crippen molar-refractivity contribution in [3.63, 3.8) is 0 Å². The molecule has 0 spiro atoms. The molecule has 0 heterocycles. The van der Waals surface area contributed by atoms with Gasteiger partial charge in [-0.15, -0.1) is 0 Å². The minimum Gasteiger partial charge on any atom is -0.508 e. The van der Waals surface area contributed by atoms with Gasteiger partial charge in [0.05, 0.1) is 10.8 Å². The average molecular weight is 1350 g/mol. The summed E-state index contributed by atoms with van der Waals surface area (Å²) in [6, 6.07) is 34.6. The molecule has 100 heavy (non-hydrogen) atoms. The first kappa shape index (κ1) is 81.2. The molecule has 3 heteroatoms. The lowest BCUT2D eigenvalue weighted by Crippen LogP contribution is -2.67. The number of phenols is 3. The molecule has 3 nitrogen and oxygen atoms in total. The number of phenolic OH excluding ortho intramolecular Hbond substituents is 3. The number of aryl methyl sites for hydroxylation is 7. The fourth-order valence-electron chi connectivity index (χ4n) is 17.8. The van der Waals surface area contributed by atoms with E-state index < -0.39 is 75.8 Å². The zero-order valence-corrected chi connectivity index (χ0v) is 71.4. The quantitative estimate of drug-likeness (QED) is 0.126. The summed E-state index contributed by atoms with van der Waals surface area (Å²) in [5.74, 6) is 0.808. The lowest BCUT2D eigenvalue weighted by atomic mass is 9.33. The van der Waals surface area contributed by atoms with E-state index in [1.807, 2.05) is 0 Å². The third kappa shape index (κ3) is 14.1. The molecule has 1 atom stereocenters. The number of hydrogen-bond acceptors (Lipinski definition) is 3. The Balaban J connectivity index is 2.55. The monoisotopic (exact) mass is 1350 g/mol. The van der Waals surface area contributed by atoms with Gasteiger partial charge < -0.3 is 15.3 Å². The first-order valence-electron chi connectivity index (χ1n) is 37.8. The van der Waals surface area contributed by atoms with Crippen LogP contribution in [0.3, 0.4) is 0 Å². The fraction of sp³-hybridized carbons (Fsp3) is 0.567. The molecule has 0 radical (unpaired) electrons. The Bertz CT molecular complexity index is 4000. The molecule has 1 unspecified atom stereocenters. The molecule has 7 aromatic rings. The highest BCUT2D eigenvalue weighted by Gasteiger charge is 2.72. The topological polar surface area (TPSA) is 60.7 Å². The Morgan fingerprint density at radius 3 is 0.550 bits per heavy atom. The van der Waals surface area contributed by atoms with Gasteiger partial charge in [-0.3, -0.25) is 0 Å². The number of aromatic hydroxyl groups is 3. The predicted octanol–water partition coefficient (Wildman–Crippen LogP) is 26.6. The summed E-state index contributed by atoms with van der Waals surface area (Å²) in [5, 5.41) is 40.1. The van der Waals surface area contributed by atoms with Gasteiger partial charge in [-0.05, 0) is 243 Å². The third-order valence-corrected chi connectivity index (χ3v) is 22.3. The van der Waals surface area contributed by atoms with Gasteiger partial charge in [0, 0.05) is 5.41 Å². The molecule has 7 aromatic carbocycles. The van der Waals surface area contributed by atoms with E-state index in [1.165, 1.54) is 89.0 Å². The van der Waals surface area contributed by atoms with Crippen LogP contribution in [0.2, 0.25) is 0 Å². The van der Waals surface area contributed by atoms with E-state index in [-0.39, 0.29) is 17.2 Å². The molecular formula is C97H140O3. The lowest BCUT2D eigenvalue weighted by molar-refractivity contribution is 0.211. The van der Waals surface area contributed by atoms with Crippen molar-refractivity contribution in [3.05, 3.63) is 224 Å². The van der Waals surface area contributed by atoms with Crippen molar-refractivity contribution in [2.75, 3.05) is 0 Å². The smallest absolute Gasteiger partial charge is 0.119 e. The standard InChI is InChI=1S/C97H140O3/c1-56-42-69(87(17,18)19)80(70(43-56)88(20,21)22)95(41,63-53-66(84(8,9)10)77(98)50-60(63)5)97(82-73(91(29,30)31)46-58(3)47-74(82)92(32,33)34,83-75(93(35,36)37)48-59(4)49-76(83)94(38,39)40)96(64-54-67(85(11,12)13)78(99)51-61(64)6,65-55-68(86(14,15)16)79(100)52-62(65)7)81-71(89(23,24)25)44-57(2)45-72(81)90(26,27)28/h42-55,98-100H,1-41H3. The summed E-state index contributed by atoms with van der Waals surface area (Å²) in [6.07, 6.45) is 0. The van der Waals surface area contributed by atoms with Crippen LogP contribution in [0, 0.1) is 48.5 Å². The van der Waals surface area contributed by atoms with Gasteiger partial charge in [-0.25, -0.2) is 0 Å². The van der Waals surface area contributed by atoms with Gasteiger partial charge in [0.15, 0.2) is 0 Å². The van der Waals surface area contributed by atoms with Crippen molar-refractivity contribution in [1.82, 2.24) is 0 Å². The van der Waals surface area contributed by atoms with Gasteiger partial charge in [-0.2, -0.15) is 0 Å². The normalized spacial score (nSPS) is 14.7. The Morgan fingerprint density at radius 2 is 0.350 bits per heavy atom. The summed E-state index contributed by atoms with van der Waals surface area (Å²) in [4.78, 5) is 0. The summed E-state index contributed by atoms with van der Waals surface area (Å²) in [5.41, 5.74) is 18.2. The third-order valence-electron chi connectivity index (χ3n) is 22.3. The Morgan fingerprint density at radius 1 is 0.180 bits per heavy atom. The van der Waals surface area contributed by atoms with Gasteiger partial charge in [0.2, 0.25) is 0 Å². The van der Waals surface area contributed by atoms with Gasteiger partial charge in [-0.1, -0.05) is 324 Å². The molecule has 7 rings (SSSR count). The second kappa shape index (κ2) is 25.4. The number of rotatable bonds is 9. The molecule has 546 valence electrons. The van der Waals surface area contributed by atoms with Gasteiger partial charge in [0.25, 0.3) is 0 Å². The van der Waals surface area contributed by atoms with Crippen LogP contribution in [0.15, 0.2) is 84.9 Å². The average Bonchev–Trinajstić information content (AvgIpc) is 0.636. The van der Waals surface area contributed by atoms with Crippen LogP contribution in [-0.4, -0.2) is 15.3 Å². The zero-order chi connectivity index (χ0) is 77.1. The van der Waals surface area contributed by atoms with E-state index in [0.29, 0.717) is 0 Å². The molecule has 0 aliphatic carbocycles. The first-order chi connectivity index (χ1) is 44.6. The molecule has 0 aliphatic rings. The highest BCUT2D eigenvalue weighted by molar-refractivity contribution is 5.81. The minimum absolute atomic E-state index is 0.264. The summed E-state index contributed by atoms with van der Waals surface area (Å²) >= 11 is 0. The molecule has 0 amide bonds. The molecule has 0 aromatic heterocycles. The molecule has 3 N–H and O–H groups in total. The van der Waals surface area contributed by atoms with Crippen molar-refractivity contribution in [2.24, 2.45) is 0 Å².